The molecule has 126 valence electrons. The van der Waals surface area contributed by atoms with Crippen molar-refractivity contribution in [2.45, 2.75) is 25.4 Å². The van der Waals surface area contributed by atoms with E-state index in [0.29, 0.717) is 18.5 Å². The number of hydrogen-bond acceptors (Lipinski definition) is 5. The molecule has 1 aromatic carbocycles. The summed E-state index contributed by atoms with van der Waals surface area (Å²) in [5.74, 6) is -0.741. The van der Waals surface area contributed by atoms with Crippen molar-refractivity contribution in [2.24, 2.45) is 0 Å². The summed E-state index contributed by atoms with van der Waals surface area (Å²) in [6, 6.07) is 5.22. The lowest BCUT2D eigenvalue weighted by molar-refractivity contribution is -0.136. The minimum atomic E-state index is -0.557. The summed E-state index contributed by atoms with van der Waals surface area (Å²) in [7, 11) is 0. The van der Waals surface area contributed by atoms with Crippen LogP contribution < -0.4 is 15.5 Å². The van der Waals surface area contributed by atoms with E-state index in [9.17, 15) is 14.4 Å². The molecule has 1 aromatic rings. The number of nitrogens with one attached hydrogen (secondary N) is 2. The van der Waals surface area contributed by atoms with Gasteiger partial charge in [0.15, 0.2) is 0 Å². The van der Waals surface area contributed by atoms with Crippen LogP contribution in [0, 0.1) is 0 Å². The molecule has 2 N–H and O–H groups in total. The van der Waals surface area contributed by atoms with Gasteiger partial charge in [0, 0.05) is 56.0 Å². The first kappa shape index (κ1) is 15.1. The molecule has 7 nitrogen and oxygen atoms in total. The fourth-order valence-corrected chi connectivity index (χ4v) is 3.77. The molecule has 0 aromatic heterocycles. The van der Waals surface area contributed by atoms with Gasteiger partial charge in [-0.25, -0.2) is 0 Å². The number of benzene rings is 1. The number of amides is 3. The van der Waals surface area contributed by atoms with Crippen molar-refractivity contribution in [3.63, 3.8) is 0 Å². The van der Waals surface area contributed by atoms with E-state index >= 15 is 0 Å². The summed E-state index contributed by atoms with van der Waals surface area (Å²) in [4.78, 5) is 40.2. The molecule has 2 fully saturated rings. The summed E-state index contributed by atoms with van der Waals surface area (Å²) in [5.41, 5.74) is 2.75. The predicted molar refractivity (Wildman–Crippen MR) is 87.6 cm³/mol. The Morgan fingerprint density at radius 1 is 1.08 bits per heavy atom. The number of carbonyl (C=O) groups is 3. The van der Waals surface area contributed by atoms with Gasteiger partial charge >= 0.3 is 0 Å². The highest BCUT2D eigenvalue weighted by atomic mass is 16.2. The third kappa shape index (κ3) is 2.45. The number of anilines is 1. The third-order valence-corrected chi connectivity index (χ3v) is 5.02. The summed E-state index contributed by atoms with van der Waals surface area (Å²) in [5, 5.41) is 5.67. The fourth-order valence-electron chi connectivity index (χ4n) is 3.77. The molecule has 0 spiro atoms. The third-order valence-electron chi connectivity index (χ3n) is 5.02. The molecule has 3 aliphatic heterocycles. The van der Waals surface area contributed by atoms with Gasteiger partial charge in [0.05, 0.1) is 0 Å². The number of carbonyl (C=O) groups excluding carboxylic acids is 3. The summed E-state index contributed by atoms with van der Waals surface area (Å²) < 4.78 is 0. The molecule has 4 rings (SSSR count). The second-order valence-electron chi connectivity index (χ2n) is 6.44. The lowest BCUT2D eigenvalue weighted by atomic mass is 10.0. The zero-order chi connectivity index (χ0) is 16.7. The number of imide groups is 1. The normalized spacial score (nSPS) is 24.2. The van der Waals surface area contributed by atoms with Crippen LogP contribution in [-0.4, -0.2) is 54.8 Å². The maximum Gasteiger partial charge on any atom is 0.255 e. The molecule has 0 bridgehead atoms. The average molecular weight is 328 g/mol. The molecule has 7 heteroatoms. The van der Waals surface area contributed by atoms with E-state index in [-0.39, 0.29) is 24.1 Å². The largest absolute Gasteiger partial charge is 0.369 e. The fraction of sp³-hybridized carbons (Fsp3) is 0.471. The van der Waals surface area contributed by atoms with Gasteiger partial charge in [-0.3, -0.25) is 19.7 Å². The van der Waals surface area contributed by atoms with E-state index < -0.39 is 6.04 Å². The number of nitrogens with zero attached hydrogens (tertiary/aromatic N) is 2. The Bertz CT molecular complexity index is 712. The highest BCUT2D eigenvalue weighted by Gasteiger charge is 2.40. The number of piperazine rings is 1. The number of fused-ring (bicyclic) bond motifs is 1. The van der Waals surface area contributed by atoms with Crippen molar-refractivity contribution in [2.75, 3.05) is 31.1 Å². The van der Waals surface area contributed by atoms with E-state index in [4.69, 9.17) is 0 Å². The van der Waals surface area contributed by atoms with Crippen LogP contribution in [0.5, 0.6) is 0 Å². The molecule has 3 aliphatic rings. The quantitative estimate of drug-likeness (QED) is 0.739. The van der Waals surface area contributed by atoms with Crippen LogP contribution in [0.2, 0.25) is 0 Å². The van der Waals surface area contributed by atoms with Gasteiger partial charge in [0.1, 0.15) is 6.04 Å². The molecular formula is C17H20N4O3. The van der Waals surface area contributed by atoms with Gasteiger partial charge in [-0.1, -0.05) is 6.07 Å². The van der Waals surface area contributed by atoms with E-state index in [2.05, 4.69) is 15.5 Å². The molecule has 1 atom stereocenters. The van der Waals surface area contributed by atoms with Gasteiger partial charge in [-0.15, -0.1) is 0 Å². The Balaban J connectivity index is 1.62. The molecule has 0 saturated carbocycles. The van der Waals surface area contributed by atoms with E-state index in [1.807, 2.05) is 18.2 Å². The van der Waals surface area contributed by atoms with Gasteiger partial charge in [0.2, 0.25) is 11.8 Å². The first-order valence-corrected chi connectivity index (χ1v) is 8.37. The van der Waals surface area contributed by atoms with Crippen molar-refractivity contribution < 1.29 is 14.4 Å². The predicted octanol–water partition coefficient (Wildman–Crippen LogP) is -0.143. The molecule has 3 heterocycles. The van der Waals surface area contributed by atoms with E-state index in [1.54, 1.807) is 4.90 Å². The topological polar surface area (TPSA) is 81.8 Å². The Labute approximate surface area is 140 Å². The van der Waals surface area contributed by atoms with Crippen molar-refractivity contribution in [3.05, 3.63) is 29.3 Å². The summed E-state index contributed by atoms with van der Waals surface area (Å²) >= 11 is 0. The van der Waals surface area contributed by atoms with Crippen molar-refractivity contribution in [3.8, 4) is 0 Å². The molecule has 0 radical (unpaired) electrons. The molecular weight excluding hydrogens is 308 g/mol. The van der Waals surface area contributed by atoms with E-state index in [0.717, 1.165) is 37.4 Å². The number of rotatable bonds is 2. The maximum absolute atomic E-state index is 12.8. The van der Waals surface area contributed by atoms with Crippen LogP contribution in [0.15, 0.2) is 18.2 Å². The van der Waals surface area contributed by atoms with Crippen LogP contribution in [0.25, 0.3) is 0 Å². The summed E-state index contributed by atoms with van der Waals surface area (Å²) in [6.45, 7) is 4.09. The maximum atomic E-state index is 12.8. The zero-order valence-electron chi connectivity index (χ0n) is 13.4. The van der Waals surface area contributed by atoms with Crippen LogP contribution >= 0.6 is 0 Å². The van der Waals surface area contributed by atoms with Gasteiger partial charge in [0.25, 0.3) is 5.91 Å². The van der Waals surface area contributed by atoms with Gasteiger partial charge < -0.3 is 15.1 Å². The zero-order valence-corrected chi connectivity index (χ0v) is 13.4. The van der Waals surface area contributed by atoms with Crippen LogP contribution in [0.1, 0.15) is 28.8 Å². The van der Waals surface area contributed by atoms with Crippen LogP contribution in [0.3, 0.4) is 0 Å². The van der Waals surface area contributed by atoms with Crippen molar-refractivity contribution in [1.82, 2.24) is 15.5 Å². The first-order chi connectivity index (χ1) is 11.6. The van der Waals surface area contributed by atoms with Crippen molar-refractivity contribution >= 4 is 23.4 Å². The number of piperidine rings is 1. The second-order valence-corrected chi connectivity index (χ2v) is 6.44. The smallest absolute Gasteiger partial charge is 0.255 e. The number of hydrogen-bond donors (Lipinski definition) is 2. The van der Waals surface area contributed by atoms with Gasteiger partial charge in [-0.05, 0) is 18.6 Å². The average Bonchev–Trinajstić information content (AvgIpc) is 2.93. The SMILES string of the molecule is O=C1CC[C@H](N2Cc3c(cccc3N3CCNCC3)C2=O)C(=O)N1. The molecule has 2 saturated heterocycles. The van der Waals surface area contributed by atoms with Crippen molar-refractivity contribution in [1.29, 1.82) is 0 Å². The van der Waals surface area contributed by atoms with Crippen LogP contribution in [-0.2, 0) is 16.1 Å². The monoisotopic (exact) mass is 328 g/mol. The van der Waals surface area contributed by atoms with E-state index in [1.165, 1.54) is 0 Å². The molecule has 24 heavy (non-hydrogen) atoms. The van der Waals surface area contributed by atoms with Crippen LogP contribution in [0.4, 0.5) is 5.69 Å². The Morgan fingerprint density at radius 3 is 2.62 bits per heavy atom. The first-order valence-electron chi connectivity index (χ1n) is 8.37. The lowest BCUT2D eigenvalue weighted by Gasteiger charge is -2.31. The lowest BCUT2D eigenvalue weighted by Crippen LogP contribution is -2.52. The minimum absolute atomic E-state index is 0.114. The van der Waals surface area contributed by atoms with Gasteiger partial charge in [-0.2, -0.15) is 0 Å². The molecule has 0 unspecified atom stereocenters. The Morgan fingerprint density at radius 2 is 1.88 bits per heavy atom. The molecule has 3 amide bonds. The molecule has 0 aliphatic carbocycles. The Hall–Kier alpha value is -2.41. The highest BCUT2D eigenvalue weighted by Crippen LogP contribution is 2.34. The highest BCUT2D eigenvalue weighted by molar-refractivity contribution is 6.06. The minimum Gasteiger partial charge on any atom is -0.369 e. The standard InChI is InChI=1S/C17H20N4O3/c22-15-5-4-14(16(23)19-15)21-10-12-11(17(21)24)2-1-3-13(12)20-8-6-18-7-9-20/h1-3,14,18H,4-10H2,(H,19,22,23)/t14-/m0/s1. The Kier molecular flexibility index (Phi) is 3.72. The second kappa shape index (κ2) is 5.90. The summed E-state index contributed by atoms with van der Waals surface area (Å²) in [6.07, 6.45) is 0.675.